The molecule has 1 aliphatic heterocycles. The Hall–Kier alpha value is -1.70. The first-order valence-corrected chi connectivity index (χ1v) is 7.82. The minimum absolute atomic E-state index is 0.0297. The van der Waals surface area contributed by atoms with Crippen molar-refractivity contribution in [2.24, 2.45) is 0 Å². The molecule has 0 amide bonds. The van der Waals surface area contributed by atoms with E-state index in [9.17, 15) is 4.79 Å². The fourth-order valence-electron chi connectivity index (χ4n) is 2.30. The van der Waals surface area contributed by atoms with Crippen LogP contribution in [0.25, 0.3) is 0 Å². The number of aryl methyl sites for hydroxylation is 1. The monoisotopic (exact) mass is 294 g/mol. The molecule has 3 heterocycles. The van der Waals surface area contributed by atoms with E-state index in [0.29, 0.717) is 6.54 Å². The average molecular weight is 294 g/mol. The van der Waals surface area contributed by atoms with Gasteiger partial charge in [-0.15, -0.1) is 10.2 Å². The number of rotatable bonds is 5. The fraction of sp³-hybridized carbons (Fsp3) is 0.667. The van der Waals surface area contributed by atoms with Crippen molar-refractivity contribution in [1.82, 2.24) is 24.5 Å². The van der Waals surface area contributed by atoms with Crippen LogP contribution in [0.3, 0.4) is 0 Å². The standard InChI is InChI=1S/C12H18N6OS/c1-2-6-13-11-15-14-10(20-11)8-18-12(19)17-7-4-3-5-9(17)16-18/h2-8H2,1H3,(H,13,15). The van der Waals surface area contributed by atoms with E-state index in [-0.39, 0.29) is 5.69 Å². The maximum atomic E-state index is 12.2. The molecule has 0 aromatic carbocycles. The Morgan fingerprint density at radius 3 is 3.05 bits per heavy atom. The van der Waals surface area contributed by atoms with Crippen molar-refractivity contribution in [2.45, 2.75) is 45.7 Å². The van der Waals surface area contributed by atoms with Crippen LogP contribution in [0.15, 0.2) is 4.79 Å². The molecule has 0 unspecified atom stereocenters. The van der Waals surface area contributed by atoms with Crippen LogP contribution in [0.5, 0.6) is 0 Å². The topological polar surface area (TPSA) is 77.6 Å². The molecule has 8 heteroatoms. The van der Waals surface area contributed by atoms with E-state index in [1.54, 1.807) is 4.57 Å². The van der Waals surface area contributed by atoms with Crippen molar-refractivity contribution in [3.05, 3.63) is 21.3 Å². The van der Waals surface area contributed by atoms with Gasteiger partial charge in [0.1, 0.15) is 17.4 Å². The third-order valence-electron chi connectivity index (χ3n) is 3.31. The maximum Gasteiger partial charge on any atom is 0.346 e. The SMILES string of the molecule is CCCNc1nnc(Cn2nc3n(c2=O)CCCC3)s1. The molecule has 0 saturated heterocycles. The van der Waals surface area contributed by atoms with Gasteiger partial charge in [-0.25, -0.2) is 9.48 Å². The molecule has 108 valence electrons. The minimum Gasteiger partial charge on any atom is -0.360 e. The van der Waals surface area contributed by atoms with Crippen molar-refractivity contribution < 1.29 is 0 Å². The zero-order chi connectivity index (χ0) is 13.9. The maximum absolute atomic E-state index is 12.2. The molecule has 2 aromatic rings. The fourth-order valence-corrected chi connectivity index (χ4v) is 3.05. The van der Waals surface area contributed by atoms with E-state index in [4.69, 9.17) is 0 Å². The Balaban J connectivity index is 1.76. The van der Waals surface area contributed by atoms with Crippen LogP contribution in [-0.4, -0.2) is 31.1 Å². The normalized spacial score (nSPS) is 14.2. The van der Waals surface area contributed by atoms with Gasteiger partial charge in [-0.2, -0.15) is 5.10 Å². The van der Waals surface area contributed by atoms with Gasteiger partial charge in [0.05, 0.1) is 0 Å². The van der Waals surface area contributed by atoms with Crippen LogP contribution in [0.1, 0.15) is 37.0 Å². The van der Waals surface area contributed by atoms with E-state index in [0.717, 1.165) is 54.7 Å². The van der Waals surface area contributed by atoms with E-state index >= 15 is 0 Å². The van der Waals surface area contributed by atoms with Crippen LogP contribution in [0, 0.1) is 0 Å². The second kappa shape index (κ2) is 5.74. The molecule has 0 bridgehead atoms. The summed E-state index contributed by atoms with van der Waals surface area (Å²) in [6, 6.07) is 0. The van der Waals surface area contributed by atoms with Crippen molar-refractivity contribution >= 4 is 16.5 Å². The highest BCUT2D eigenvalue weighted by Gasteiger charge is 2.17. The van der Waals surface area contributed by atoms with Crippen LogP contribution in [-0.2, 0) is 19.5 Å². The smallest absolute Gasteiger partial charge is 0.346 e. The molecule has 2 aromatic heterocycles. The Morgan fingerprint density at radius 1 is 1.35 bits per heavy atom. The Kier molecular flexibility index (Phi) is 3.81. The lowest BCUT2D eigenvalue weighted by molar-refractivity contribution is 0.511. The van der Waals surface area contributed by atoms with Crippen LogP contribution in [0.4, 0.5) is 5.13 Å². The van der Waals surface area contributed by atoms with Gasteiger partial charge in [-0.3, -0.25) is 4.57 Å². The molecule has 0 spiro atoms. The van der Waals surface area contributed by atoms with Gasteiger partial charge >= 0.3 is 5.69 Å². The number of aromatic nitrogens is 5. The molecule has 0 aliphatic carbocycles. The zero-order valence-corrected chi connectivity index (χ0v) is 12.3. The zero-order valence-electron chi connectivity index (χ0n) is 11.5. The largest absolute Gasteiger partial charge is 0.360 e. The number of nitrogens with one attached hydrogen (secondary N) is 1. The lowest BCUT2D eigenvalue weighted by atomic mass is 10.2. The molecule has 1 aliphatic rings. The predicted octanol–water partition coefficient (Wildman–Crippen LogP) is 1.10. The van der Waals surface area contributed by atoms with Gasteiger partial charge in [0.2, 0.25) is 5.13 Å². The molecule has 0 fully saturated rings. The molecule has 0 atom stereocenters. The molecule has 7 nitrogen and oxygen atoms in total. The molecular formula is C12H18N6OS. The third kappa shape index (κ3) is 2.60. The van der Waals surface area contributed by atoms with Crippen molar-refractivity contribution in [2.75, 3.05) is 11.9 Å². The van der Waals surface area contributed by atoms with Crippen LogP contribution in [0.2, 0.25) is 0 Å². The summed E-state index contributed by atoms with van der Waals surface area (Å²) in [7, 11) is 0. The Bertz CT molecular complexity index is 643. The summed E-state index contributed by atoms with van der Waals surface area (Å²) in [4.78, 5) is 12.2. The molecule has 0 radical (unpaired) electrons. The minimum atomic E-state index is -0.0297. The van der Waals surface area contributed by atoms with E-state index in [1.165, 1.54) is 16.0 Å². The van der Waals surface area contributed by atoms with Crippen molar-refractivity contribution in [3.8, 4) is 0 Å². The number of nitrogens with zero attached hydrogens (tertiary/aromatic N) is 5. The summed E-state index contributed by atoms with van der Waals surface area (Å²) in [6.07, 6.45) is 4.10. The lowest BCUT2D eigenvalue weighted by Gasteiger charge is -2.09. The number of hydrogen-bond acceptors (Lipinski definition) is 6. The number of anilines is 1. The highest BCUT2D eigenvalue weighted by molar-refractivity contribution is 7.15. The van der Waals surface area contributed by atoms with Crippen molar-refractivity contribution in [3.63, 3.8) is 0 Å². The third-order valence-corrected chi connectivity index (χ3v) is 4.18. The summed E-state index contributed by atoms with van der Waals surface area (Å²) in [5.74, 6) is 0.898. The van der Waals surface area contributed by atoms with Gasteiger partial charge in [-0.05, 0) is 19.3 Å². The predicted molar refractivity (Wildman–Crippen MR) is 77.2 cm³/mol. The van der Waals surface area contributed by atoms with Gasteiger partial charge in [-0.1, -0.05) is 18.3 Å². The summed E-state index contributed by atoms with van der Waals surface area (Å²) in [5, 5.41) is 17.4. The first-order valence-electron chi connectivity index (χ1n) is 7.00. The van der Waals surface area contributed by atoms with E-state index in [2.05, 4.69) is 27.5 Å². The Morgan fingerprint density at radius 2 is 2.25 bits per heavy atom. The lowest BCUT2D eigenvalue weighted by Crippen LogP contribution is -2.27. The van der Waals surface area contributed by atoms with Crippen molar-refractivity contribution in [1.29, 1.82) is 0 Å². The van der Waals surface area contributed by atoms with Gasteiger partial charge < -0.3 is 5.32 Å². The summed E-state index contributed by atoms with van der Waals surface area (Å²) < 4.78 is 3.28. The number of hydrogen-bond donors (Lipinski definition) is 1. The second-order valence-electron chi connectivity index (χ2n) is 4.89. The van der Waals surface area contributed by atoms with Gasteiger partial charge in [0.25, 0.3) is 0 Å². The summed E-state index contributed by atoms with van der Waals surface area (Å²) in [6.45, 7) is 4.18. The van der Waals surface area contributed by atoms with E-state index < -0.39 is 0 Å². The second-order valence-corrected chi connectivity index (χ2v) is 5.95. The quantitative estimate of drug-likeness (QED) is 0.893. The molecule has 20 heavy (non-hydrogen) atoms. The molecular weight excluding hydrogens is 276 g/mol. The van der Waals surface area contributed by atoms with Gasteiger partial charge in [0, 0.05) is 19.5 Å². The first kappa shape index (κ1) is 13.3. The average Bonchev–Trinajstić information content (AvgIpc) is 3.03. The first-order chi connectivity index (χ1) is 9.78. The summed E-state index contributed by atoms with van der Waals surface area (Å²) >= 11 is 1.48. The highest BCUT2D eigenvalue weighted by Crippen LogP contribution is 2.16. The van der Waals surface area contributed by atoms with Crippen LogP contribution < -0.4 is 11.0 Å². The van der Waals surface area contributed by atoms with Crippen LogP contribution >= 0.6 is 11.3 Å². The van der Waals surface area contributed by atoms with Gasteiger partial charge in [0.15, 0.2) is 0 Å². The molecule has 1 N–H and O–H groups in total. The van der Waals surface area contributed by atoms with E-state index in [1.807, 2.05) is 0 Å². The number of fused-ring (bicyclic) bond motifs is 1. The molecule has 3 rings (SSSR count). The Labute approximate surface area is 120 Å². The molecule has 0 saturated carbocycles. The summed E-state index contributed by atoms with van der Waals surface area (Å²) in [5.41, 5.74) is -0.0297. The highest BCUT2D eigenvalue weighted by atomic mass is 32.1.